The van der Waals surface area contributed by atoms with Gasteiger partial charge in [-0.05, 0) is 6.42 Å². The van der Waals surface area contributed by atoms with E-state index >= 15 is 0 Å². The number of carboxylic acids is 2. The molecule has 0 heterocycles. The number of aliphatic carboxylic acids is 2. The molecule has 0 aromatic rings. The Balaban J connectivity index is 4.02. The van der Waals surface area contributed by atoms with E-state index < -0.39 is 30.6 Å². The fourth-order valence-corrected chi connectivity index (χ4v) is 0.662. The molecule has 3 N–H and O–H groups in total. The summed E-state index contributed by atoms with van der Waals surface area (Å²) in [5.41, 5.74) is 0. The van der Waals surface area contributed by atoms with Crippen LogP contribution >= 0.6 is 0 Å². The van der Waals surface area contributed by atoms with Crippen LogP contribution in [0.1, 0.15) is 12.8 Å². The van der Waals surface area contributed by atoms with Crippen molar-refractivity contribution in [3.63, 3.8) is 0 Å². The average molecular weight is 193 g/mol. The first kappa shape index (κ1) is 11.3. The average Bonchev–Trinajstić information content (AvgIpc) is 1.96. The number of carboxylic acid groups (broad SMARTS) is 2. The molecule has 0 fully saturated rings. The van der Waals surface area contributed by atoms with Crippen LogP contribution in [0.25, 0.3) is 0 Å². The van der Waals surface area contributed by atoms with E-state index in [9.17, 15) is 18.8 Å². The lowest BCUT2D eigenvalue weighted by atomic mass is 10.1. The van der Waals surface area contributed by atoms with Gasteiger partial charge in [0.15, 0.2) is 0 Å². The topological polar surface area (TPSA) is 104 Å². The van der Waals surface area contributed by atoms with Crippen molar-refractivity contribution < 1.29 is 29.0 Å². The maximum absolute atomic E-state index is 11.7. The quantitative estimate of drug-likeness (QED) is 0.420. The van der Waals surface area contributed by atoms with Gasteiger partial charge in [-0.15, -0.1) is 4.39 Å². The second-order valence-electron chi connectivity index (χ2n) is 2.24. The number of carbonyl (C=O) groups is 3. The maximum atomic E-state index is 11.7. The normalized spacial score (nSPS) is 11.8. The standard InChI is InChI=1S/C6H8FNO5/c7-6(13)8-3(5(11)12)1-2-4(9)10/h3H,1-2H2,(H,8,13)(H,9,10)(H,11,12). The summed E-state index contributed by atoms with van der Waals surface area (Å²) in [5, 5.41) is 18.0. The zero-order chi connectivity index (χ0) is 10.4. The lowest BCUT2D eigenvalue weighted by molar-refractivity contribution is -0.140. The molecule has 0 rings (SSSR count). The van der Waals surface area contributed by atoms with E-state index in [0.29, 0.717) is 0 Å². The maximum Gasteiger partial charge on any atom is 0.398 e. The van der Waals surface area contributed by atoms with Crippen molar-refractivity contribution >= 4 is 18.1 Å². The van der Waals surface area contributed by atoms with Crippen molar-refractivity contribution in [1.29, 1.82) is 0 Å². The lowest BCUT2D eigenvalue weighted by Crippen LogP contribution is -2.38. The minimum Gasteiger partial charge on any atom is -0.481 e. The monoisotopic (exact) mass is 193 g/mol. The second kappa shape index (κ2) is 5.07. The highest BCUT2D eigenvalue weighted by Crippen LogP contribution is 1.98. The summed E-state index contributed by atoms with van der Waals surface area (Å²) >= 11 is 0. The third-order valence-corrected chi connectivity index (χ3v) is 1.23. The number of carbonyl (C=O) groups excluding carboxylic acids is 1. The Kier molecular flexibility index (Phi) is 4.42. The van der Waals surface area contributed by atoms with Crippen molar-refractivity contribution in [2.24, 2.45) is 0 Å². The minimum absolute atomic E-state index is 0.347. The van der Waals surface area contributed by atoms with Gasteiger partial charge in [-0.2, -0.15) is 0 Å². The predicted octanol–water partition coefficient (Wildman–Crippen LogP) is -0.0165. The van der Waals surface area contributed by atoms with E-state index in [1.165, 1.54) is 5.32 Å². The molecule has 13 heavy (non-hydrogen) atoms. The second-order valence-corrected chi connectivity index (χ2v) is 2.24. The van der Waals surface area contributed by atoms with Crippen molar-refractivity contribution in [2.45, 2.75) is 18.9 Å². The van der Waals surface area contributed by atoms with Gasteiger partial charge >= 0.3 is 18.1 Å². The molecule has 1 atom stereocenters. The highest BCUT2D eigenvalue weighted by Gasteiger charge is 2.20. The summed E-state index contributed by atoms with van der Waals surface area (Å²) in [5.74, 6) is -2.67. The summed E-state index contributed by atoms with van der Waals surface area (Å²) in [6, 6.07) is -1.49. The van der Waals surface area contributed by atoms with Crippen LogP contribution in [0.3, 0.4) is 0 Å². The number of amides is 1. The zero-order valence-corrected chi connectivity index (χ0v) is 6.49. The van der Waals surface area contributed by atoms with Crippen molar-refractivity contribution in [3.05, 3.63) is 0 Å². The summed E-state index contributed by atoms with van der Waals surface area (Å²) in [4.78, 5) is 30.1. The third kappa shape index (κ3) is 5.59. The van der Waals surface area contributed by atoms with Gasteiger partial charge in [0.1, 0.15) is 6.04 Å². The van der Waals surface area contributed by atoms with Crippen molar-refractivity contribution in [2.75, 3.05) is 0 Å². The van der Waals surface area contributed by atoms with Gasteiger partial charge in [0.25, 0.3) is 0 Å². The number of nitrogens with one attached hydrogen (secondary N) is 1. The zero-order valence-electron chi connectivity index (χ0n) is 6.49. The van der Waals surface area contributed by atoms with Gasteiger partial charge < -0.3 is 15.5 Å². The van der Waals surface area contributed by atoms with Crippen LogP contribution < -0.4 is 5.32 Å². The van der Waals surface area contributed by atoms with Gasteiger partial charge in [-0.1, -0.05) is 0 Å². The third-order valence-electron chi connectivity index (χ3n) is 1.23. The Bertz CT molecular complexity index is 229. The summed E-state index contributed by atoms with van der Waals surface area (Å²) in [6.07, 6.45) is -2.78. The Hall–Kier alpha value is -1.66. The van der Waals surface area contributed by atoms with Crippen LogP contribution in [-0.4, -0.2) is 34.4 Å². The van der Waals surface area contributed by atoms with E-state index in [1.54, 1.807) is 0 Å². The fraction of sp³-hybridized carbons (Fsp3) is 0.500. The molecule has 0 aromatic heterocycles. The van der Waals surface area contributed by atoms with Crippen LogP contribution in [0.15, 0.2) is 0 Å². The fourth-order valence-electron chi connectivity index (χ4n) is 0.662. The molecule has 0 saturated heterocycles. The van der Waals surface area contributed by atoms with Crippen molar-refractivity contribution in [1.82, 2.24) is 5.32 Å². The van der Waals surface area contributed by atoms with E-state index in [1.807, 2.05) is 0 Å². The van der Waals surface area contributed by atoms with Gasteiger partial charge in [-0.25, -0.2) is 9.59 Å². The Morgan fingerprint density at radius 3 is 2.15 bits per heavy atom. The number of hydrogen-bond donors (Lipinski definition) is 3. The van der Waals surface area contributed by atoms with E-state index in [-0.39, 0.29) is 6.42 Å². The van der Waals surface area contributed by atoms with Gasteiger partial charge in [0.2, 0.25) is 0 Å². The summed E-state index contributed by atoms with van der Waals surface area (Å²) in [7, 11) is 0. The summed E-state index contributed by atoms with van der Waals surface area (Å²) < 4.78 is 11.7. The minimum atomic E-state index is -1.99. The van der Waals surface area contributed by atoms with Crippen molar-refractivity contribution in [3.8, 4) is 0 Å². The molecular weight excluding hydrogens is 185 g/mol. The first-order chi connectivity index (χ1) is 5.93. The molecule has 0 aliphatic rings. The SMILES string of the molecule is O=C(O)CCC(NC(=O)F)C(=O)O. The van der Waals surface area contributed by atoms with Gasteiger partial charge in [-0.3, -0.25) is 4.79 Å². The Labute approximate surface area is 72.4 Å². The molecule has 6 nitrogen and oxygen atoms in total. The van der Waals surface area contributed by atoms with Crippen LogP contribution in [0, 0.1) is 0 Å². The van der Waals surface area contributed by atoms with Gasteiger partial charge in [0, 0.05) is 6.42 Å². The number of halogens is 1. The molecular formula is C6H8FNO5. The molecule has 0 saturated carbocycles. The Morgan fingerprint density at radius 1 is 1.31 bits per heavy atom. The number of hydrogen-bond acceptors (Lipinski definition) is 3. The molecule has 0 radical (unpaired) electrons. The van der Waals surface area contributed by atoms with E-state index in [0.717, 1.165) is 0 Å². The molecule has 0 aliphatic heterocycles. The molecule has 7 heteroatoms. The molecule has 0 aromatic carbocycles. The predicted molar refractivity (Wildman–Crippen MR) is 37.9 cm³/mol. The first-order valence-electron chi connectivity index (χ1n) is 3.34. The van der Waals surface area contributed by atoms with Crippen LogP contribution in [-0.2, 0) is 9.59 Å². The molecule has 1 amide bonds. The smallest absolute Gasteiger partial charge is 0.398 e. The van der Waals surface area contributed by atoms with E-state index in [2.05, 4.69) is 0 Å². The largest absolute Gasteiger partial charge is 0.481 e. The van der Waals surface area contributed by atoms with Crippen LogP contribution in [0.5, 0.6) is 0 Å². The molecule has 0 aliphatic carbocycles. The van der Waals surface area contributed by atoms with Crippen LogP contribution in [0.2, 0.25) is 0 Å². The highest BCUT2D eigenvalue weighted by atomic mass is 19.1. The highest BCUT2D eigenvalue weighted by molar-refractivity contribution is 5.80. The molecule has 0 spiro atoms. The summed E-state index contributed by atoms with van der Waals surface area (Å²) in [6.45, 7) is 0. The lowest BCUT2D eigenvalue weighted by Gasteiger charge is -2.09. The molecule has 0 bridgehead atoms. The molecule has 1 unspecified atom stereocenters. The Morgan fingerprint density at radius 2 is 1.85 bits per heavy atom. The van der Waals surface area contributed by atoms with E-state index in [4.69, 9.17) is 10.2 Å². The first-order valence-corrected chi connectivity index (χ1v) is 3.34. The van der Waals surface area contributed by atoms with Gasteiger partial charge in [0.05, 0.1) is 0 Å². The van der Waals surface area contributed by atoms with Crippen LogP contribution in [0.4, 0.5) is 9.18 Å². The number of rotatable bonds is 5. The molecule has 74 valence electrons.